The fourth-order valence-electron chi connectivity index (χ4n) is 2.03. The molecule has 4 nitrogen and oxygen atoms in total. The Balaban J connectivity index is 2.99. The number of carboxylic acid groups (broad SMARTS) is 1. The monoisotopic (exact) mass is 278 g/mol. The fraction of sp³-hybridized carbons (Fsp3) is 0.500. The van der Waals surface area contributed by atoms with Crippen LogP contribution >= 0.6 is 0 Å². The zero-order valence-corrected chi connectivity index (χ0v) is 12.7. The first kappa shape index (κ1) is 16.2. The Bertz CT molecular complexity index is 512. The quantitative estimate of drug-likeness (QED) is 0.859. The summed E-state index contributed by atoms with van der Waals surface area (Å²) >= 11 is 0. The molecule has 110 valence electrons. The third-order valence-electron chi connectivity index (χ3n) is 3.11. The number of esters is 1. The molecule has 0 bridgehead atoms. The Morgan fingerprint density at radius 2 is 1.85 bits per heavy atom. The number of rotatable bonds is 4. The molecule has 1 rings (SSSR count). The van der Waals surface area contributed by atoms with Crippen LogP contribution in [0.2, 0.25) is 0 Å². The van der Waals surface area contributed by atoms with E-state index in [0.717, 1.165) is 11.1 Å². The van der Waals surface area contributed by atoms with Gasteiger partial charge in [-0.25, -0.2) is 0 Å². The normalized spacial score (nSPS) is 12.8. The summed E-state index contributed by atoms with van der Waals surface area (Å²) < 4.78 is 5.21. The first-order chi connectivity index (χ1) is 9.11. The molecule has 0 saturated carbocycles. The number of hydrogen-bond donors (Lipinski definition) is 1. The minimum Gasteiger partial charge on any atom is -0.481 e. The number of carboxylic acids is 1. The number of aryl methyl sites for hydroxylation is 1. The number of benzene rings is 1. The van der Waals surface area contributed by atoms with Gasteiger partial charge in [0.25, 0.3) is 0 Å². The van der Waals surface area contributed by atoms with Crippen molar-refractivity contribution in [1.82, 2.24) is 0 Å². The molecule has 1 atom stereocenters. The molecule has 4 heteroatoms. The third-order valence-corrected chi connectivity index (χ3v) is 3.11. The zero-order chi connectivity index (χ0) is 15.5. The second kappa shape index (κ2) is 6.07. The molecule has 1 aromatic carbocycles. The molecule has 0 aliphatic carbocycles. The summed E-state index contributed by atoms with van der Waals surface area (Å²) in [6.07, 6.45) is -0.156. The molecule has 0 aliphatic heterocycles. The molecule has 0 aromatic heterocycles. The second-order valence-corrected chi connectivity index (χ2v) is 5.97. The summed E-state index contributed by atoms with van der Waals surface area (Å²) in [5.41, 5.74) is 1.98. The van der Waals surface area contributed by atoms with Gasteiger partial charge >= 0.3 is 11.9 Å². The first-order valence-electron chi connectivity index (χ1n) is 6.62. The van der Waals surface area contributed by atoms with Gasteiger partial charge in [-0.3, -0.25) is 9.59 Å². The standard InChI is InChI=1S/C16H22O4/c1-10-7-6-8-12(11(10)2)13(15(18)19)9-14(17)20-16(3,4)5/h6-8,13H,9H2,1-5H3,(H,18,19). The maximum atomic E-state index is 11.9. The highest BCUT2D eigenvalue weighted by atomic mass is 16.6. The summed E-state index contributed by atoms with van der Waals surface area (Å²) in [6.45, 7) is 9.08. The SMILES string of the molecule is Cc1cccc(C(CC(=O)OC(C)(C)C)C(=O)O)c1C. The average Bonchev–Trinajstić information content (AvgIpc) is 2.27. The molecule has 0 fully saturated rings. The van der Waals surface area contributed by atoms with Gasteiger partial charge in [0.05, 0.1) is 12.3 Å². The van der Waals surface area contributed by atoms with Crippen LogP contribution in [0, 0.1) is 13.8 Å². The summed E-state index contributed by atoms with van der Waals surface area (Å²) in [5, 5.41) is 9.38. The summed E-state index contributed by atoms with van der Waals surface area (Å²) in [5.74, 6) is -2.37. The lowest BCUT2D eigenvalue weighted by Crippen LogP contribution is -2.26. The lowest BCUT2D eigenvalue weighted by atomic mass is 9.90. The predicted octanol–water partition coefficient (Wildman–Crippen LogP) is 3.20. The van der Waals surface area contributed by atoms with E-state index in [2.05, 4.69) is 0 Å². The van der Waals surface area contributed by atoms with Gasteiger partial charge in [-0.1, -0.05) is 18.2 Å². The van der Waals surface area contributed by atoms with Crippen LogP contribution in [0.25, 0.3) is 0 Å². The Kier molecular flexibility index (Phi) is 4.93. The maximum Gasteiger partial charge on any atom is 0.311 e. The second-order valence-electron chi connectivity index (χ2n) is 5.97. The number of hydrogen-bond acceptors (Lipinski definition) is 3. The predicted molar refractivity (Wildman–Crippen MR) is 76.8 cm³/mol. The molecule has 0 aliphatic rings. The maximum absolute atomic E-state index is 11.9. The minimum atomic E-state index is -1.01. The van der Waals surface area contributed by atoms with E-state index in [1.165, 1.54) is 0 Å². The van der Waals surface area contributed by atoms with Crippen molar-refractivity contribution in [3.63, 3.8) is 0 Å². The van der Waals surface area contributed by atoms with Crippen molar-refractivity contribution in [3.05, 3.63) is 34.9 Å². The van der Waals surface area contributed by atoms with Gasteiger partial charge in [-0.05, 0) is 51.3 Å². The summed E-state index contributed by atoms with van der Waals surface area (Å²) in [6, 6.07) is 5.49. The van der Waals surface area contributed by atoms with Crippen LogP contribution in [0.15, 0.2) is 18.2 Å². The van der Waals surface area contributed by atoms with E-state index in [9.17, 15) is 14.7 Å². The molecular formula is C16H22O4. The molecular weight excluding hydrogens is 256 g/mol. The average molecular weight is 278 g/mol. The van der Waals surface area contributed by atoms with Crippen LogP contribution in [0.3, 0.4) is 0 Å². The van der Waals surface area contributed by atoms with Crippen molar-refractivity contribution in [2.24, 2.45) is 0 Å². The highest BCUT2D eigenvalue weighted by Gasteiger charge is 2.27. The van der Waals surface area contributed by atoms with Gasteiger partial charge in [0.1, 0.15) is 5.60 Å². The van der Waals surface area contributed by atoms with Crippen LogP contribution in [0.1, 0.15) is 49.8 Å². The molecule has 1 aromatic rings. The van der Waals surface area contributed by atoms with Gasteiger partial charge in [0.2, 0.25) is 0 Å². The van der Waals surface area contributed by atoms with Crippen molar-refractivity contribution in [3.8, 4) is 0 Å². The van der Waals surface area contributed by atoms with E-state index in [1.807, 2.05) is 26.0 Å². The molecule has 0 amide bonds. The number of aliphatic carboxylic acids is 1. The van der Waals surface area contributed by atoms with E-state index < -0.39 is 23.5 Å². The molecule has 1 unspecified atom stereocenters. The molecule has 0 radical (unpaired) electrons. The lowest BCUT2D eigenvalue weighted by molar-refractivity contribution is -0.158. The highest BCUT2D eigenvalue weighted by Crippen LogP contribution is 2.26. The van der Waals surface area contributed by atoms with Crippen molar-refractivity contribution in [1.29, 1.82) is 0 Å². The van der Waals surface area contributed by atoms with Crippen molar-refractivity contribution < 1.29 is 19.4 Å². The fourth-order valence-corrected chi connectivity index (χ4v) is 2.03. The lowest BCUT2D eigenvalue weighted by Gasteiger charge is -2.22. The topological polar surface area (TPSA) is 63.6 Å². The third kappa shape index (κ3) is 4.37. The Morgan fingerprint density at radius 1 is 1.25 bits per heavy atom. The zero-order valence-electron chi connectivity index (χ0n) is 12.7. The van der Waals surface area contributed by atoms with Gasteiger partial charge in [-0.2, -0.15) is 0 Å². The number of ether oxygens (including phenoxy) is 1. The van der Waals surface area contributed by atoms with Crippen LogP contribution in [0.4, 0.5) is 0 Å². The van der Waals surface area contributed by atoms with E-state index in [-0.39, 0.29) is 6.42 Å². The molecule has 0 heterocycles. The first-order valence-corrected chi connectivity index (χ1v) is 6.62. The number of carbonyl (C=O) groups is 2. The van der Waals surface area contributed by atoms with Crippen molar-refractivity contribution in [2.75, 3.05) is 0 Å². The van der Waals surface area contributed by atoms with Crippen LogP contribution in [0.5, 0.6) is 0 Å². The van der Waals surface area contributed by atoms with Gasteiger partial charge in [0, 0.05) is 0 Å². The number of carbonyl (C=O) groups excluding carboxylic acids is 1. The van der Waals surface area contributed by atoms with Crippen molar-refractivity contribution >= 4 is 11.9 Å². The van der Waals surface area contributed by atoms with E-state index in [4.69, 9.17) is 4.74 Å². The van der Waals surface area contributed by atoms with Crippen molar-refractivity contribution in [2.45, 2.75) is 52.6 Å². The minimum absolute atomic E-state index is 0.156. The molecule has 20 heavy (non-hydrogen) atoms. The smallest absolute Gasteiger partial charge is 0.311 e. The Hall–Kier alpha value is -1.84. The molecule has 1 N–H and O–H groups in total. The van der Waals surface area contributed by atoms with Crippen LogP contribution in [-0.2, 0) is 14.3 Å². The van der Waals surface area contributed by atoms with Gasteiger partial charge in [0.15, 0.2) is 0 Å². The van der Waals surface area contributed by atoms with E-state index >= 15 is 0 Å². The summed E-state index contributed by atoms with van der Waals surface area (Å²) in [4.78, 5) is 23.3. The van der Waals surface area contributed by atoms with Gasteiger partial charge in [-0.15, -0.1) is 0 Å². The van der Waals surface area contributed by atoms with E-state index in [0.29, 0.717) is 5.56 Å². The summed E-state index contributed by atoms with van der Waals surface area (Å²) in [7, 11) is 0. The van der Waals surface area contributed by atoms with E-state index in [1.54, 1.807) is 26.8 Å². The van der Waals surface area contributed by atoms with Crippen LogP contribution < -0.4 is 0 Å². The highest BCUT2D eigenvalue weighted by molar-refractivity contribution is 5.83. The largest absolute Gasteiger partial charge is 0.481 e. The van der Waals surface area contributed by atoms with Gasteiger partial charge < -0.3 is 9.84 Å². The Labute approximate surface area is 119 Å². The molecule has 0 saturated heterocycles. The Morgan fingerprint density at radius 3 is 2.35 bits per heavy atom. The molecule has 0 spiro atoms. The van der Waals surface area contributed by atoms with Crippen LogP contribution in [-0.4, -0.2) is 22.6 Å².